The molecule has 0 bridgehead atoms. The van der Waals surface area contributed by atoms with Crippen LogP contribution in [-0.4, -0.2) is 47.3 Å². The molecule has 1 unspecified atom stereocenters. The number of aliphatic hydroxyl groups is 1. The molecule has 0 aliphatic carbocycles. The summed E-state index contributed by atoms with van der Waals surface area (Å²) in [7, 11) is 0. The first-order valence-corrected chi connectivity index (χ1v) is 5.97. The van der Waals surface area contributed by atoms with Gasteiger partial charge in [0.05, 0.1) is 5.41 Å². The van der Waals surface area contributed by atoms with Crippen molar-refractivity contribution in [3.05, 3.63) is 0 Å². The van der Waals surface area contributed by atoms with Gasteiger partial charge >= 0.3 is 6.09 Å². The highest BCUT2D eigenvalue weighted by atomic mass is 19.3. The summed E-state index contributed by atoms with van der Waals surface area (Å²) in [5.41, 5.74) is -2.03. The SMILES string of the molecule is CC(C)(C)OC(=O)N1CCC(C)(C(F)(F)CO)C1. The molecule has 0 spiro atoms. The van der Waals surface area contributed by atoms with Crippen LogP contribution in [0, 0.1) is 5.41 Å². The summed E-state index contributed by atoms with van der Waals surface area (Å²) >= 11 is 0. The van der Waals surface area contributed by atoms with Crippen molar-refractivity contribution < 1.29 is 23.4 Å². The van der Waals surface area contributed by atoms with Gasteiger partial charge in [0.25, 0.3) is 5.92 Å². The lowest BCUT2D eigenvalue weighted by atomic mass is 9.83. The molecular weight excluding hydrogens is 244 g/mol. The molecule has 1 fully saturated rings. The molecule has 18 heavy (non-hydrogen) atoms. The topological polar surface area (TPSA) is 49.8 Å². The zero-order valence-corrected chi connectivity index (χ0v) is 11.3. The van der Waals surface area contributed by atoms with Crippen LogP contribution in [0.3, 0.4) is 0 Å². The maximum Gasteiger partial charge on any atom is 0.410 e. The number of carbonyl (C=O) groups excluding carboxylic acids is 1. The normalized spacial score (nSPS) is 25.4. The lowest BCUT2D eigenvalue weighted by molar-refractivity contribution is -0.139. The summed E-state index contributed by atoms with van der Waals surface area (Å²) in [5.74, 6) is -3.19. The molecule has 1 N–H and O–H groups in total. The molecule has 4 nitrogen and oxygen atoms in total. The largest absolute Gasteiger partial charge is 0.444 e. The van der Waals surface area contributed by atoms with Crippen LogP contribution in [0.15, 0.2) is 0 Å². The van der Waals surface area contributed by atoms with E-state index in [0.29, 0.717) is 0 Å². The van der Waals surface area contributed by atoms with E-state index < -0.39 is 29.6 Å². The third-order valence-electron chi connectivity index (χ3n) is 3.21. The zero-order valence-electron chi connectivity index (χ0n) is 11.3. The monoisotopic (exact) mass is 265 g/mol. The summed E-state index contributed by atoms with van der Waals surface area (Å²) in [5, 5.41) is 8.75. The molecule has 0 saturated carbocycles. The molecular formula is C12H21F2NO3. The fraction of sp³-hybridized carbons (Fsp3) is 0.917. The minimum atomic E-state index is -3.19. The fourth-order valence-corrected chi connectivity index (χ4v) is 1.93. The smallest absolute Gasteiger partial charge is 0.410 e. The van der Waals surface area contributed by atoms with E-state index in [0.717, 1.165) is 0 Å². The van der Waals surface area contributed by atoms with E-state index in [-0.39, 0.29) is 19.5 Å². The van der Waals surface area contributed by atoms with Gasteiger partial charge in [-0.2, -0.15) is 0 Å². The number of alkyl halides is 2. The van der Waals surface area contributed by atoms with Crippen LogP contribution >= 0.6 is 0 Å². The molecule has 1 atom stereocenters. The first-order valence-electron chi connectivity index (χ1n) is 5.97. The van der Waals surface area contributed by atoms with E-state index in [2.05, 4.69) is 0 Å². The second kappa shape index (κ2) is 4.64. The Hall–Kier alpha value is -0.910. The van der Waals surface area contributed by atoms with Crippen LogP contribution in [0.1, 0.15) is 34.1 Å². The Labute approximate surface area is 106 Å². The van der Waals surface area contributed by atoms with Gasteiger partial charge in [0.1, 0.15) is 12.2 Å². The van der Waals surface area contributed by atoms with E-state index in [1.165, 1.54) is 11.8 Å². The Kier molecular flexibility index (Phi) is 3.91. The van der Waals surface area contributed by atoms with Crippen LogP contribution in [0.5, 0.6) is 0 Å². The standard InChI is InChI=1S/C12H21F2NO3/c1-10(2,3)18-9(17)15-6-5-11(4,7-15)12(13,14)8-16/h16H,5-8H2,1-4H3. The molecule has 1 amide bonds. The van der Waals surface area contributed by atoms with Gasteiger partial charge in [-0.05, 0) is 27.2 Å². The van der Waals surface area contributed by atoms with Crippen LogP contribution in [-0.2, 0) is 4.74 Å². The van der Waals surface area contributed by atoms with Gasteiger partial charge < -0.3 is 14.7 Å². The Bertz CT molecular complexity index is 328. The third-order valence-corrected chi connectivity index (χ3v) is 3.21. The van der Waals surface area contributed by atoms with Crippen molar-refractivity contribution in [2.45, 2.75) is 45.6 Å². The molecule has 0 aromatic heterocycles. The summed E-state index contributed by atoms with van der Waals surface area (Å²) in [6, 6.07) is 0. The molecule has 1 saturated heterocycles. The van der Waals surface area contributed by atoms with Gasteiger partial charge in [-0.1, -0.05) is 6.92 Å². The van der Waals surface area contributed by atoms with Crippen molar-refractivity contribution in [2.75, 3.05) is 19.7 Å². The highest BCUT2D eigenvalue weighted by Gasteiger charge is 2.54. The zero-order chi connectivity index (χ0) is 14.2. The van der Waals surface area contributed by atoms with Crippen molar-refractivity contribution in [3.63, 3.8) is 0 Å². The lowest BCUT2D eigenvalue weighted by Crippen LogP contribution is -2.45. The fourth-order valence-electron chi connectivity index (χ4n) is 1.93. The van der Waals surface area contributed by atoms with E-state index in [4.69, 9.17) is 9.84 Å². The number of amides is 1. The summed E-state index contributed by atoms with van der Waals surface area (Å²) in [6.07, 6.45) is -0.431. The van der Waals surface area contributed by atoms with E-state index in [9.17, 15) is 13.6 Å². The maximum absolute atomic E-state index is 13.6. The Balaban J connectivity index is 2.69. The van der Waals surface area contributed by atoms with Crippen molar-refractivity contribution in [2.24, 2.45) is 5.41 Å². The number of halogens is 2. The molecule has 0 radical (unpaired) electrons. The quantitative estimate of drug-likeness (QED) is 0.833. The van der Waals surface area contributed by atoms with Gasteiger partial charge in [0, 0.05) is 13.1 Å². The predicted octanol–water partition coefficient (Wildman–Crippen LogP) is 2.26. The number of likely N-dealkylation sites (tertiary alicyclic amines) is 1. The molecule has 1 aliphatic rings. The first kappa shape index (κ1) is 15.1. The number of carbonyl (C=O) groups is 1. The lowest BCUT2D eigenvalue weighted by Gasteiger charge is -2.32. The Morgan fingerprint density at radius 2 is 2.00 bits per heavy atom. The number of ether oxygens (including phenoxy) is 1. The number of aliphatic hydroxyl groups excluding tert-OH is 1. The van der Waals surface area contributed by atoms with Crippen LogP contribution in [0.4, 0.5) is 13.6 Å². The van der Waals surface area contributed by atoms with E-state index in [1.807, 2.05) is 0 Å². The molecule has 1 aliphatic heterocycles. The number of nitrogens with zero attached hydrogens (tertiary/aromatic N) is 1. The minimum absolute atomic E-state index is 0.102. The Morgan fingerprint density at radius 3 is 2.44 bits per heavy atom. The van der Waals surface area contributed by atoms with Crippen LogP contribution < -0.4 is 0 Å². The highest BCUT2D eigenvalue weighted by Crippen LogP contribution is 2.43. The van der Waals surface area contributed by atoms with Gasteiger partial charge in [0.2, 0.25) is 0 Å². The van der Waals surface area contributed by atoms with Crippen molar-refractivity contribution in [1.82, 2.24) is 4.90 Å². The first-order chi connectivity index (χ1) is 8.01. The molecule has 1 rings (SSSR count). The molecule has 6 heteroatoms. The second-order valence-electron chi connectivity index (χ2n) is 6.08. The van der Waals surface area contributed by atoms with Crippen molar-refractivity contribution in [1.29, 1.82) is 0 Å². The third kappa shape index (κ3) is 3.10. The molecule has 0 aromatic carbocycles. The summed E-state index contributed by atoms with van der Waals surface area (Å²) in [4.78, 5) is 13.0. The Morgan fingerprint density at radius 1 is 1.44 bits per heavy atom. The highest BCUT2D eigenvalue weighted by molar-refractivity contribution is 5.68. The van der Waals surface area contributed by atoms with Crippen molar-refractivity contribution in [3.8, 4) is 0 Å². The van der Waals surface area contributed by atoms with E-state index >= 15 is 0 Å². The van der Waals surface area contributed by atoms with Crippen LogP contribution in [0.25, 0.3) is 0 Å². The summed E-state index contributed by atoms with van der Waals surface area (Å²) < 4.78 is 32.3. The maximum atomic E-state index is 13.6. The predicted molar refractivity (Wildman–Crippen MR) is 62.6 cm³/mol. The van der Waals surface area contributed by atoms with Gasteiger partial charge in [0.15, 0.2) is 0 Å². The van der Waals surface area contributed by atoms with Crippen LogP contribution in [0.2, 0.25) is 0 Å². The average Bonchev–Trinajstić information content (AvgIpc) is 2.60. The molecule has 106 valence electrons. The number of hydrogen-bond acceptors (Lipinski definition) is 3. The number of hydrogen-bond donors (Lipinski definition) is 1. The van der Waals surface area contributed by atoms with Crippen molar-refractivity contribution >= 4 is 6.09 Å². The second-order valence-corrected chi connectivity index (χ2v) is 6.08. The molecule has 1 heterocycles. The van der Waals surface area contributed by atoms with Gasteiger partial charge in [-0.25, -0.2) is 13.6 Å². The minimum Gasteiger partial charge on any atom is -0.444 e. The summed E-state index contributed by atoms with van der Waals surface area (Å²) in [6.45, 7) is 5.48. The average molecular weight is 265 g/mol. The number of rotatable bonds is 2. The van der Waals surface area contributed by atoms with Gasteiger partial charge in [-0.15, -0.1) is 0 Å². The van der Waals surface area contributed by atoms with E-state index in [1.54, 1.807) is 20.8 Å². The molecule has 0 aromatic rings. The van der Waals surface area contributed by atoms with Gasteiger partial charge in [-0.3, -0.25) is 0 Å².